The fourth-order valence-corrected chi connectivity index (χ4v) is 1.57. The molecule has 0 rings (SSSR count). The van der Waals surface area contributed by atoms with Gasteiger partial charge in [0.2, 0.25) is 0 Å². The zero-order valence-corrected chi connectivity index (χ0v) is 20.6. The summed E-state index contributed by atoms with van der Waals surface area (Å²) in [6.07, 6.45) is 18.6. The van der Waals surface area contributed by atoms with Gasteiger partial charge in [-0.15, -0.1) is 6.58 Å². The second kappa shape index (κ2) is 32.7. The monoisotopic (exact) mass is 446 g/mol. The van der Waals surface area contributed by atoms with Crippen molar-refractivity contribution in [1.29, 1.82) is 0 Å². The van der Waals surface area contributed by atoms with Crippen molar-refractivity contribution in [2.75, 3.05) is 0 Å². The Bertz CT molecular complexity index is 622. The SMILES string of the molecule is C=CC(=O)CCC.C=CCCC(C)=O.CC(=O)C=CCC(C)=CC=O.CCC=CCC=O. The van der Waals surface area contributed by atoms with Gasteiger partial charge in [0.05, 0.1) is 0 Å². The summed E-state index contributed by atoms with van der Waals surface area (Å²) in [5, 5.41) is 0. The van der Waals surface area contributed by atoms with Crippen LogP contribution in [0.25, 0.3) is 0 Å². The Hall–Kier alpha value is -2.95. The number of Topliss-reactive ketones (excluding diaryl/α,β-unsaturated/α-hetero) is 1. The van der Waals surface area contributed by atoms with Gasteiger partial charge in [0.15, 0.2) is 11.6 Å². The van der Waals surface area contributed by atoms with Gasteiger partial charge in [0.25, 0.3) is 0 Å². The molecule has 0 aliphatic heterocycles. The molecule has 32 heavy (non-hydrogen) atoms. The molecule has 0 saturated heterocycles. The first-order valence-electron chi connectivity index (χ1n) is 10.8. The van der Waals surface area contributed by atoms with Crippen molar-refractivity contribution in [3.05, 3.63) is 61.3 Å². The van der Waals surface area contributed by atoms with E-state index in [-0.39, 0.29) is 17.3 Å². The van der Waals surface area contributed by atoms with Gasteiger partial charge in [0, 0.05) is 19.3 Å². The quantitative estimate of drug-likeness (QED) is 0.188. The van der Waals surface area contributed by atoms with Crippen LogP contribution in [-0.4, -0.2) is 29.9 Å². The molecule has 0 unspecified atom stereocenters. The van der Waals surface area contributed by atoms with E-state index in [0.717, 1.165) is 37.4 Å². The molecule has 0 aliphatic rings. The summed E-state index contributed by atoms with van der Waals surface area (Å²) in [5.74, 6) is 0.409. The standard InChI is InChI=1S/C9H12O2.3C6H10O/c1-8(6-7-10)4-3-5-9(2)11;1-3-4-5-6(2)7;1-3-5-6(7)4-2;1-2-3-4-5-6-7/h3,5-7H,4H2,1-2H3;3H,1,4-5H2,2H3;4H,2-3,5H2,1H3;3-4,6H,2,5H2,1H3. The molecule has 0 spiro atoms. The van der Waals surface area contributed by atoms with E-state index in [0.29, 0.717) is 25.7 Å². The molecule has 180 valence electrons. The van der Waals surface area contributed by atoms with E-state index in [9.17, 15) is 24.0 Å². The van der Waals surface area contributed by atoms with Gasteiger partial charge in [0.1, 0.15) is 18.4 Å². The van der Waals surface area contributed by atoms with Crippen LogP contribution in [0.3, 0.4) is 0 Å². The third-order valence-electron chi connectivity index (χ3n) is 3.20. The van der Waals surface area contributed by atoms with Gasteiger partial charge < -0.3 is 9.59 Å². The summed E-state index contributed by atoms with van der Waals surface area (Å²) in [7, 11) is 0. The number of carbonyl (C=O) groups excluding carboxylic acids is 5. The van der Waals surface area contributed by atoms with Crippen molar-refractivity contribution in [3.8, 4) is 0 Å². The lowest BCUT2D eigenvalue weighted by molar-refractivity contribution is -0.117. The van der Waals surface area contributed by atoms with Crippen LogP contribution in [0, 0.1) is 0 Å². The zero-order chi connectivity index (χ0) is 25.6. The maximum atomic E-state index is 10.4. The summed E-state index contributed by atoms with van der Waals surface area (Å²) in [6, 6.07) is 0. The Labute approximate surface area is 195 Å². The fourth-order valence-electron chi connectivity index (χ4n) is 1.57. The highest BCUT2D eigenvalue weighted by Crippen LogP contribution is 1.98. The average molecular weight is 447 g/mol. The molecule has 0 N–H and O–H groups in total. The van der Waals surface area contributed by atoms with E-state index >= 15 is 0 Å². The van der Waals surface area contributed by atoms with Crippen LogP contribution in [-0.2, 0) is 24.0 Å². The number of carbonyl (C=O) groups is 5. The van der Waals surface area contributed by atoms with Gasteiger partial charge in [-0.3, -0.25) is 14.4 Å². The molecule has 0 aromatic heterocycles. The van der Waals surface area contributed by atoms with Crippen LogP contribution in [0.5, 0.6) is 0 Å². The average Bonchev–Trinajstić information content (AvgIpc) is 2.74. The van der Waals surface area contributed by atoms with Gasteiger partial charge in [-0.05, 0) is 64.7 Å². The van der Waals surface area contributed by atoms with Crippen molar-refractivity contribution >= 4 is 29.9 Å². The molecular formula is C27H42O5. The summed E-state index contributed by atoms with van der Waals surface area (Å²) >= 11 is 0. The molecule has 0 radical (unpaired) electrons. The van der Waals surface area contributed by atoms with Crippen LogP contribution in [0.4, 0.5) is 0 Å². The van der Waals surface area contributed by atoms with Crippen molar-refractivity contribution in [3.63, 3.8) is 0 Å². The van der Waals surface area contributed by atoms with Crippen LogP contribution in [0.1, 0.15) is 79.6 Å². The maximum Gasteiger partial charge on any atom is 0.155 e. The number of allylic oxidation sites excluding steroid dienone is 8. The van der Waals surface area contributed by atoms with Gasteiger partial charge in [-0.2, -0.15) is 0 Å². The highest BCUT2D eigenvalue weighted by Gasteiger charge is 1.88. The number of hydrogen-bond acceptors (Lipinski definition) is 5. The molecule has 0 bridgehead atoms. The molecule has 0 heterocycles. The smallest absolute Gasteiger partial charge is 0.155 e. The predicted molar refractivity (Wildman–Crippen MR) is 135 cm³/mol. The van der Waals surface area contributed by atoms with Crippen molar-refractivity contribution in [2.45, 2.75) is 79.6 Å². The number of hydrogen-bond donors (Lipinski definition) is 0. The minimum absolute atomic E-state index is 0.0314. The molecule has 0 amide bonds. The van der Waals surface area contributed by atoms with E-state index in [1.165, 1.54) is 25.2 Å². The lowest BCUT2D eigenvalue weighted by Crippen LogP contribution is -1.87. The first-order valence-corrected chi connectivity index (χ1v) is 10.8. The van der Waals surface area contributed by atoms with E-state index in [2.05, 4.69) is 13.2 Å². The van der Waals surface area contributed by atoms with E-state index in [1.807, 2.05) is 32.9 Å². The van der Waals surface area contributed by atoms with Crippen molar-refractivity contribution in [1.82, 2.24) is 0 Å². The second-order valence-electron chi connectivity index (χ2n) is 6.60. The third-order valence-corrected chi connectivity index (χ3v) is 3.20. The first-order chi connectivity index (χ1) is 15.2. The molecule has 0 aliphatic carbocycles. The van der Waals surface area contributed by atoms with Gasteiger partial charge in [-0.1, -0.05) is 50.3 Å². The van der Waals surface area contributed by atoms with Gasteiger partial charge >= 0.3 is 0 Å². The predicted octanol–water partition coefficient (Wildman–Crippen LogP) is 6.29. The Morgan fingerprint density at radius 3 is 1.81 bits per heavy atom. The minimum Gasteiger partial charge on any atom is -0.303 e. The highest BCUT2D eigenvalue weighted by atomic mass is 16.1. The second-order valence-corrected chi connectivity index (χ2v) is 6.60. The highest BCUT2D eigenvalue weighted by molar-refractivity contribution is 5.88. The van der Waals surface area contributed by atoms with E-state index < -0.39 is 0 Å². The van der Waals surface area contributed by atoms with E-state index in [4.69, 9.17) is 0 Å². The first kappa shape index (κ1) is 36.4. The molecule has 0 aromatic rings. The Morgan fingerprint density at radius 2 is 1.50 bits per heavy atom. The molecule has 5 nitrogen and oxygen atoms in total. The summed E-state index contributed by atoms with van der Waals surface area (Å²) in [6.45, 7) is 15.8. The van der Waals surface area contributed by atoms with Crippen LogP contribution < -0.4 is 0 Å². The largest absolute Gasteiger partial charge is 0.303 e. The topological polar surface area (TPSA) is 85.3 Å². The third kappa shape index (κ3) is 50.6. The molecule has 0 saturated carbocycles. The lowest BCUT2D eigenvalue weighted by Gasteiger charge is -1.89. The molecular weight excluding hydrogens is 404 g/mol. The normalized spacial score (nSPS) is 9.84. The maximum absolute atomic E-state index is 10.4. The number of rotatable bonds is 13. The van der Waals surface area contributed by atoms with Crippen molar-refractivity contribution in [2.24, 2.45) is 0 Å². The molecule has 5 heteroatoms. The Morgan fingerprint density at radius 1 is 0.875 bits per heavy atom. The number of ketones is 3. The summed E-state index contributed by atoms with van der Waals surface area (Å²) in [4.78, 5) is 50.4. The number of aldehydes is 2. The molecule has 0 aromatic carbocycles. The summed E-state index contributed by atoms with van der Waals surface area (Å²) in [5.41, 5.74) is 0.956. The van der Waals surface area contributed by atoms with Crippen LogP contribution in [0.2, 0.25) is 0 Å². The van der Waals surface area contributed by atoms with Crippen LogP contribution in [0.15, 0.2) is 61.3 Å². The fraction of sp³-hybridized carbons (Fsp3) is 0.444. The molecule has 0 atom stereocenters. The van der Waals surface area contributed by atoms with Crippen molar-refractivity contribution < 1.29 is 24.0 Å². The lowest BCUT2D eigenvalue weighted by atomic mass is 10.2. The molecule has 0 fully saturated rings. The zero-order valence-electron chi connectivity index (χ0n) is 20.6. The Kier molecular flexibility index (Phi) is 37.2. The van der Waals surface area contributed by atoms with E-state index in [1.54, 1.807) is 19.1 Å². The van der Waals surface area contributed by atoms with Crippen LogP contribution >= 0.6 is 0 Å². The summed E-state index contributed by atoms with van der Waals surface area (Å²) < 4.78 is 0. The Balaban J connectivity index is -0.000000167. The van der Waals surface area contributed by atoms with Gasteiger partial charge in [-0.25, -0.2) is 0 Å². The minimum atomic E-state index is 0.0314.